The first-order valence-corrected chi connectivity index (χ1v) is 10.2. The SMILES string of the molecule is Cn1cc2c(n1)C(=O)NCCCOCCOc1cc(ccn1)-c1nc(cs1)C(=O)N2. The largest absolute Gasteiger partial charge is 0.475 e. The number of hydrogen-bond donors (Lipinski definition) is 2. The van der Waals surface area contributed by atoms with Crippen LogP contribution >= 0.6 is 11.3 Å². The number of aromatic nitrogens is 4. The van der Waals surface area contributed by atoms with Gasteiger partial charge in [-0.2, -0.15) is 5.10 Å². The fourth-order valence-corrected chi connectivity index (χ4v) is 3.63. The Bertz CT molecular complexity index is 1060. The third-order valence-electron chi connectivity index (χ3n) is 4.24. The molecule has 1 aliphatic heterocycles. The van der Waals surface area contributed by atoms with E-state index >= 15 is 0 Å². The lowest BCUT2D eigenvalue weighted by Crippen LogP contribution is -2.27. The molecule has 4 heterocycles. The monoisotopic (exact) mass is 428 g/mol. The highest BCUT2D eigenvalue weighted by Gasteiger charge is 2.20. The number of fused-ring (bicyclic) bond motifs is 6. The van der Waals surface area contributed by atoms with Gasteiger partial charge in [0.05, 0.1) is 12.3 Å². The topological polar surface area (TPSA) is 120 Å². The van der Waals surface area contributed by atoms with Gasteiger partial charge in [-0.05, 0) is 12.5 Å². The number of amides is 2. The molecule has 2 amide bonds. The molecule has 0 saturated heterocycles. The predicted octanol–water partition coefficient (Wildman–Crippen LogP) is 1.72. The number of rotatable bonds is 0. The normalized spacial score (nSPS) is 15.6. The van der Waals surface area contributed by atoms with Crippen LogP contribution in [0.15, 0.2) is 29.9 Å². The molecule has 0 fully saturated rings. The molecule has 2 N–H and O–H groups in total. The second-order valence-corrected chi connectivity index (χ2v) is 7.37. The molecular weight excluding hydrogens is 408 g/mol. The molecular formula is C19H20N6O4S. The molecule has 3 aromatic rings. The van der Waals surface area contributed by atoms with Gasteiger partial charge in [-0.25, -0.2) is 9.97 Å². The summed E-state index contributed by atoms with van der Waals surface area (Å²) in [5.41, 5.74) is 1.51. The summed E-state index contributed by atoms with van der Waals surface area (Å²) in [6, 6.07) is 3.58. The van der Waals surface area contributed by atoms with Crippen LogP contribution < -0.4 is 15.4 Å². The van der Waals surface area contributed by atoms with Gasteiger partial charge in [0.1, 0.15) is 17.3 Å². The number of aryl methyl sites for hydroxylation is 1. The van der Waals surface area contributed by atoms with Gasteiger partial charge in [-0.15, -0.1) is 11.3 Å². The molecule has 0 unspecified atom stereocenters. The lowest BCUT2D eigenvalue weighted by molar-refractivity contribution is 0.0897. The Kier molecular flexibility index (Phi) is 6.00. The summed E-state index contributed by atoms with van der Waals surface area (Å²) in [5, 5.41) is 12.0. The van der Waals surface area contributed by atoms with Crippen LogP contribution in [0.5, 0.6) is 5.88 Å². The highest BCUT2D eigenvalue weighted by molar-refractivity contribution is 7.13. The van der Waals surface area contributed by atoms with Crippen molar-refractivity contribution < 1.29 is 19.1 Å². The summed E-state index contributed by atoms with van der Waals surface area (Å²) >= 11 is 1.33. The van der Waals surface area contributed by atoms with Gasteiger partial charge in [0.25, 0.3) is 11.8 Å². The molecule has 0 radical (unpaired) electrons. The van der Waals surface area contributed by atoms with E-state index in [1.165, 1.54) is 16.0 Å². The molecule has 4 rings (SSSR count). The number of nitrogens with zero attached hydrogens (tertiary/aromatic N) is 4. The average molecular weight is 428 g/mol. The minimum atomic E-state index is -0.420. The van der Waals surface area contributed by atoms with Crippen LogP contribution in [-0.2, 0) is 11.8 Å². The third kappa shape index (κ3) is 4.63. The van der Waals surface area contributed by atoms with E-state index in [0.717, 1.165) is 5.56 Å². The Morgan fingerprint density at radius 2 is 2.10 bits per heavy atom. The maximum atomic E-state index is 12.7. The number of carbonyl (C=O) groups is 2. The molecule has 0 aliphatic carbocycles. The molecule has 4 bridgehead atoms. The Morgan fingerprint density at radius 3 is 3.00 bits per heavy atom. The van der Waals surface area contributed by atoms with E-state index in [1.54, 1.807) is 37.0 Å². The summed E-state index contributed by atoms with van der Waals surface area (Å²) in [5.74, 6) is -0.327. The minimum Gasteiger partial charge on any atom is -0.475 e. The third-order valence-corrected chi connectivity index (χ3v) is 5.13. The quantitative estimate of drug-likeness (QED) is 0.559. The smallest absolute Gasteiger partial charge is 0.275 e. The fourth-order valence-electron chi connectivity index (χ4n) is 2.83. The van der Waals surface area contributed by atoms with Gasteiger partial charge < -0.3 is 20.1 Å². The lowest BCUT2D eigenvalue weighted by atomic mass is 10.3. The Morgan fingerprint density at radius 1 is 1.20 bits per heavy atom. The van der Waals surface area contributed by atoms with Crippen molar-refractivity contribution in [1.82, 2.24) is 25.1 Å². The summed E-state index contributed by atoms with van der Waals surface area (Å²) < 4.78 is 12.6. The molecule has 0 spiro atoms. The second-order valence-electron chi connectivity index (χ2n) is 6.51. The van der Waals surface area contributed by atoms with Gasteiger partial charge in [0, 0.05) is 49.6 Å². The van der Waals surface area contributed by atoms with Crippen molar-refractivity contribution in [3.63, 3.8) is 0 Å². The van der Waals surface area contributed by atoms with E-state index < -0.39 is 5.91 Å². The van der Waals surface area contributed by atoms with E-state index in [2.05, 4.69) is 25.7 Å². The number of anilines is 1. The van der Waals surface area contributed by atoms with Crippen molar-refractivity contribution in [2.24, 2.45) is 7.05 Å². The molecule has 3 aromatic heterocycles. The first kappa shape index (κ1) is 20.0. The lowest BCUT2D eigenvalue weighted by Gasteiger charge is -2.08. The molecule has 0 atom stereocenters. The minimum absolute atomic E-state index is 0.146. The fraction of sp³-hybridized carbons (Fsp3) is 0.316. The zero-order valence-corrected chi connectivity index (χ0v) is 17.1. The van der Waals surface area contributed by atoms with Gasteiger partial charge in [0.15, 0.2) is 5.69 Å². The van der Waals surface area contributed by atoms with Crippen LogP contribution in [0.25, 0.3) is 10.6 Å². The Labute approximate surface area is 176 Å². The second kappa shape index (κ2) is 9.01. The maximum absolute atomic E-state index is 12.7. The van der Waals surface area contributed by atoms with E-state index in [0.29, 0.717) is 49.4 Å². The Hall–Kier alpha value is -3.31. The first-order chi connectivity index (χ1) is 14.6. The molecule has 0 saturated carbocycles. The number of carbonyl (C=O) groups excluding carboxylic acids is 2. The molecule has 0 aromatic carbocycles. The van der Waals surface area contributed by atoms with Crippen molar-refractivity contribution >= 4 is 28.8 Å². The summed E-state index contributed by atoms with van der Waals surface area (Å²) in [7, 11) is 1.68. The molecule has 10 nitrogen and oxygen atoms in total. The number of hydrogen-bond acceptors (Lipinski definition) is 8. The van der Waals surface area contributed by atoms with Crippen LogP contribution in [-0.4, -0.2) is 57.9 Å². The van der Waals surface area contributed by atoms with Gasteiger partial charge in [-0.1, -0.05) is 0 Å². The first-order valence-electron chi connectivity index (χ1n) is 9.36. The molecule has 156 valence electrons. The van der Waals surface area contributed by atoms with Crippen molar-refractivity contribution in [3.8, 4) is 16.5 Å². The average Bonchev–Trinajstić information content (AvgIpc) is 3.36. The number of ether oxygens (including phenoxy) is 2. The number of thiazole rings is 1. The van der Waals surface area contributed by atoms with E-state index in [1.807, 2.05) is 0 Å². The van der Waals surface area contributed by atoms with Crippen LogP contribution in [0.2, 0.25) is 0 Å². The zero-order valence-electron chi connectivity index (χ0n) is 16.3. The Balaban J connectivity index is 1.61. The summed E-state index contributed by atoms with van der Waals surface area (Å²) in [6.45, 7) is 1.66. The van der Waals surface area contributed by atoms with Gasteiger partial charge >= 0.3 is 0 Å². The van der Waals surface area contributed by atoms with Crippen molar-refractivity contribution in [3.05, 3.63) is 41.3 Å². The molecule has 30 heavy (non-hydrogen) atoms. The van der Waals surface area contributed by atoms with Crippen LogP contribution in [0.4, 0.5) is 5.69 Å². The van der Waals surface area contributed by atoms with Crippen LogP contribution in [0.1, 0.15) is 27.4 Å². The summed E-state index contributed by atoms with van der Waals surface area (Å²) in [6.07, 6.45) is 3.85. The molecule has 1 aliphatic rings. The standard InChI is InChI=1S/C19H20N6O4S/c1-25-10-13-16(24-25)18(27)21-4-2-6-28-7-8-29-15-9-12(3-5-20-15)19-23-14(11-30-19)17(26)22-13/h3,5,9-11H,2,4,6-8H2,1H3,(H,21,27)(H,22,26). The van der Waals surface area contributed by atoms with Gasteiger partial charge in [-0.3, -0.25) is 14.3 Å². The van der Waals surface area contributed by atoms with E-state index in [9.17, 15) is 9.59 Å². The summed E-state index contributed by atoms with van der Waals surface area (Å²) in [4.78, 5) is 33.8. The predicted molar refractivity (Wildman–Crippen MR) is 110 cm³/mol. The maximum Gasteiger partial charge on any atom is 0.275 e. The van der Waals surface area contributed by atoms with Gasteiger partial charge in [0.2, 0.25) is 5.88 Å². The number of pyridine rings is 1. The van der Waals surface area contributed by atoms with Crippen LogP contribution in [0, 0.1) is 0 Å². The zero-order chi connectivity index (χ0) is 20.9. The number of nitrogens with one attached hydrogen (secondary N) is 2. The highest BCUT2D eigenvalue weighted by Crippen LogP contribution is 2.26. The molecule has 11 heteroatoms. The van der Waals surface area contributed by atoms with Crippen LogP contribution in [0.3, 0.4) is 0 Å². The van der Waals surface area contributed by atoms with Crippen molar-refractivity contribution in [1.29, 1.82) is 0 Å². The van der Waals surface area contributed by atoms with E-state index in [-0.39, 0.29) is 17.3 Å². The van der Waals surface area contributed by atoms with Crippen molar-refractivity contribution in [2.75, 3.05) is 31.7 Å². The van der Waals surface area contributed by atoms with E-state index in [4.69, 9.17) is 9.47 Å². The highest BCUT2D eigenvalue weighted by atomic mass is 32.1. The van der Waals surface area contributed by atoms with Crippen molar-refractivity contribution in [2.45, 2.75) is 6.42 Å².